The van der Waals surface area contributed by atoms with Crippen molar-refractivity contribution in [3.63, 3.8) is 0 Å². The van der Waals surface area contributed by atoms with Gasteiger partial charge in [0.25, 0.3) is 10.0 Å². The second kappa shape index (κ2) is 7.33. The van der Waals surface area contributed by atoms with Gasteiger partial charge in [0.05, 0.1) is 18.1 Å². The van der Waals surface area contributed by atoms with E-state index in [2.05, 4.69) is 17.1 Å². The third-order valence-electron chi connectivity index (χ3n) is 3.46. The zero-order chi connectivity index (χ0) is 15.3. The van der Waals surface area contributed by atoms with Gasteiger partial charge in [0.15, 0.2) is 0 Å². The van der Waals surface area contributed by atoms with Crippen molar-refractivity contribution in [2.24, 2.45) is 0 Å². The third kappa shape index (κ3) is 4.49. The van der Waals surface area contributed by atoms with Crippen LogP contribution in [0.15, 0.2) is 29.2 Å². The summed E-state index contributed by atoms with van der Waals surface area (Å²) >= 11 is 0. The number of nitrogens with one attached hydrogen (secondary N) is 2. The first-order valence-corrected chi connectivity index (χ1v) is 8.69. The lowest BCUT2D eigenvalue weighted by atomic mass is 10.1. The lowest BCUT2D eigenvalue weighted by molar-refractivity contribution is 0.0272. The largest absolute Gasteiger partial charge is 0.379 e. The molecule has 2 rings (SSSR count). The molecular weight excluding hydrogens is 290 g/mol. The van der Waals surface area contributed by atoms with Crippen LogP contribution in [-0.4, -0.2) is 46.3 Å². The third-order valence-corrected chi connectivity index (χ3v) is 4.85. The van der Waals surface area contributed by atoms with E-state index in [0.717, 1.165) is 12.1 Å². The first kappa shape index (κ1) is 16.4. The van der Waals surface area contributed by atoms with Crippen molar-refractivity contribution in [2.45, 2.75) is 24.8 Å². The molecule has 0 aromatic heterocycles. The Morgan fingerprint density at radius 3 is 2.43 bits per heavy atom. The Labute approximate surface area is 126 Å². The highest BCUT2D eigenvalue weighted by Gasteiger charge is 2.20. The molecule has 1 aliphatic rings. The highest BCUT2D eigenvalue weighted by atomic mass is 32.2. The molecular formula is C14H23N3O3S. The summed E-state index contributed by atoms with van der Waals surface area (Å²) in [5.41, 5.74) is 1.07. The fraction of sp³-hybridized carbons (Fsp3) is 0.571. The summed E-state index contributed by atoms with van der Waals surface area (Å²) in [6, 6.07) is 7.19. The number of benzene rings is 1. The highest BCUT2D eigenvalue weighted by Crippen LogP contribution is 2.16. The summed E-state index contributed by atoms with van der Waals surface area (Å²) in [5, 5.41) is 4.97. The maximum absolute atomic E-state index is 12.3. The standard InChI is InChI=1S/C14H23N3O3S/c1-3-15-12(2)13-4-6-14(7-5-13)21(18,19)16-17-8-10-20-11-9-17/h4-7,12,15-16H,3,8-11H2,1-2H3. The van der Waals surface area contributed by atoms with E-state index in [1.54, 1.807) is 17.1 Å². The van der Waals surface area contributed by atoms with Crippen LogP contribution in [0.1, 0.15) is 25.5 Å². The van der Waals surface area contributed by atoms with Crippen LogP contribution in [0.5, 0.6) is 0 Å². The lowest BCUT2D eigenvalue weighted by Gasteiger charge is -2.26. The van der Waals surface area contributed by atoms with E-state index >= 15 is 0 Å². The number of hydrogen-bond acceptors (Lipinski definition) is 5. The fourth-order valence-corrected chi connectivity index (χ4v) is 3.36. The topological polar surface area (TPSA) is 70.7 Å². The highest BCUT2D eigenvalue weighted by molar-refractivity contribution is 7.89. The van der Waals surface area contributed by atoms with Gasteiger partial charge in [0.1, 0.15) is 0 Å². The average molecular weight is 313 g/mol. The van der Waals surface area contributed by atoms with Gasteiger partial charge in [-0.3, -0.25) is 0 Å². The molecule has 1 aliphatic heterocycles. The predicted molar refractivity (Wildman–Crippen MR) is 81.2 cm³/mol. The molecule has 1 aromatic carbocycles. The lowest BCUT2D eigenvalue weighted by Crippen LogP contribution is -2.48. The molecule has 0 amide bonds. The van der Waals surface area contributed by atoms with E-state index in [0.29, 0.717) is 26.3 Å². The summed E-state index contributed by atoms with van der Waals surface area (Å²) in [7, 11) is -3.51. The molecule has 0 radical (unpaired) electrons. The van der Waals surface area contributed by atoms with E-state index < -0.39 is 10.0 Å². The molecule has 1 saturated heterocycles. The molecule has 7 heteroatoms. The zero-order valence-electron chi connectivity index (χ0n) is 12.5. The Kier molecular flexibility index (Phi) is 5.72. The van der Waals surface area contributed by atoms with Gasteiger partial charge in [0, 0.05) is 19.1 Å². The van der Waals surface area contributed by atoms with Gasteiger partial charge >= 0.3 is 0 Å². The van der Waals surface area contributed by atoms with Crippen molar-refractivity contribution < 1.29 is 13.2 Å². The Hall–Kier alpha value is -0.990. The molecule has 2 N–H and O–H groups in total. The fourth-order valence-electron chi connectivity index (χ4n) is 2.24. The molecule has 6 nitrogen and oxygen atoms in total. The van der Waals surface area contributed by atoms with E-state index in [4.69, 9.17) is 4.74 Å². The average Bonchev–Trinajstić information content (AvgIpc) is 2.48. The number of rotatable bonds is 6. The van der Waals surface area contributed by atoms with Gasteiger partial charge < -0.3 is 10.1 Å². The molecule has 21 heavy (non-hydrogen) atoms. The number of morpholine rings is 1. The van der Waals surface area contributed by atoms with Crippen LogP contribution in [0.4, 0.5) is 0 Å². The molecule has 0 saturated carbocycles. The van der Waals surface area contributed by atoms with Crippen molar-refractivity contribution in [1.82, 2.24) is 15.2 Å². The molecule has 118 valence electrons. The van der Waals surface area contributed by atoms with Gasteiger partial charge in [-0.1, -0.05) is 19.1 Å². The van der Waals surface area contributed by atoms with E-state index in [9.17, 15) is 8.42 Å². The minimum absolute atomic E-state index is 0.207. The first-order valence-electron chi connectivity index (χ1n) is 7.21. The Morgan fingerprint density at radius 1 is 1.24 bits per heavy atom. The quantitative estimate of drug-likeness (QED) is 0.816. The number of sulfonamides is 1. The smallest absolute Gasteiger partial charge is 0.253 e. The minimum atomic E-state index is -3.51. The van der Waals surface area contributed by atoms with Crippen molar-refractivity contribution in [2.75, 3.05) is 32.8 Å². The second-order valence-electron chi connectivity index (χ2n) is 5.04. The van der Waals surface area contributed by atoms with Crippen molar-refractivity contribution >= 4 is 10.0 Å². The van der Waals surface area contributed by atoms with Gasteiger partial charge in [0.2, 0.25) is 0 Å². The maximum atomic E-state index is 12.3. The SMILES string of the molecule is CCNC(C)c1ccc(S(=O)(=O)NN2CCOCC2)cc1. The van der Waals surface area contributed by atoms with Gasteiger partial charge in [-0.05, 0) is 31.2 Å². The van der Waals surface area contributed by atoms with Gasteiger partial charge in [-0.25, -0.2) is 13.4 Å². The van der Waals surface area contributed by atoms with Crippen LogP contribution < -0.4 is 10.1 Å². The summed E-state index contributed by atoms with van der Waals surface area (Å²) in [6.45, 7) is 7.19. The number of ether oxygens (including phenoxy) is 1. The summed E-state index contributed by atoms with van der Waals surface area (Å²) in [5.74, 6) is 0. The molecule has 0 bridgehead atoms. The van der Waals surface area contributed by atoms with Crippen LogP contribution >= 0.6 is 0 Å². The van der Waals surface area contributed by atoms with Crippen LogP contribution in [0.25, 0.3) is 0 Å². The van der Waals surface area contributed by atoms with Crippen LogP contribution in [0, 0.1) is 0 Å². The van der Waals surface area contributed by atoms with Crippen LogP contribution in [0.3, 0.4) is 0 Å². The number of hydrazine groups is 1. The van der Waals surface area contributed by atoms with E-state index in [1.807, 2.05) is 19.1 Å². The predicted octanol–water partition coefficient (Wildman–Crippen LogP) is 0.883. The first-order chi connectivity index (χ1) is 10.0. The summed E-state index contributed by atoms with van der Waals surface area (Å²) < 4.78 is 29.8. The molecule has 1 heterocycles. The number of nitrogens with zero attached hydrogens (tertiary/aromatic N) is 1. The van der Waals surface area contributed by atoms with E-state index in [-0.39, 0.29) is 10.9 Å². The Bertz CT molecular complexity index is 539. The zero-order valence-corrected chi connectivity index (χ0v) is 13.3. The normalized spacial score (nSPS) is 18.6. The molecule has 1 unspecified atom stereocenters. The molecule has 0 aliphatic carbocycles. The van der Waals surface area contributed by atoms with Crippen molar-refractivity contribution in [3.8, 4) is 0 Å². The monoisotopic (exact) mass is 313 g/mol. The summed E-state index contributed by atoms with van der Waals surface area (Å²) in [6.07, 6.45) is 0. The molecule has 1 aromatic rings. The number of hydrogen-bond donors (Lipinski definition) is 2. The van der Waals surface area contributed by atoms with Crippen molar-refractivity contribution in [3.05, 3.63) is 29.8 Å². The van der Waals surface area contributed by atoms with Crippen LogP contribution in [-0.2, 0) is 14.8 Å². The molecule has 0 spiro atoms. The minimum Gasteiger partial charge on any atom is -0.379 e. The van der Waals surface area contributed by atoms with Gasteiger partial charge in [-0.15, -0.1) is 4.83 Å². The Balaban J connectivity index is 2.05. The molecule has 1 fully saturated rings. The maximum Gasteiger partial charge on any atom is 0.253 e. The summed E-state index contributed by atoms with van der Waals surface area (Å²) in [4.78, 5) is 2.87. The Morgan fingerprint density at radius 2 is 1.86 bits per heavy atom. The van der Waals surface area contributed by atoms with Gasteiger partial charge in [-0.2, -0.15) is 0 Å². The second-order valence-corrected chi connectivity index (χ2v) is 6.70. The van der Waals surface area contributed by atoms with E-state index in [1.165, 1.54) is 0 Å². The van der Waals surface area contributed by atoms with Crippen molar-refractivity contribution in [1.29, 1.82) is 0 Å². The van der Waals surface area contributed by atoms with Crippen LogP contribution in [0.2, 0.25) is 0 Å². The molecule has 1 atom stereocenters.